The highest BCUT2D eigenvalue weighted by molar-refractivity contribution is 7.16. The van der Waals surface area contributed by atoms with Crippen LogP contribution in [0.5, 0.6) is 5.19 Å². The predicted octanol–water partition coefficient (Wildman–Crippen LogP) is 1.76. The highest BCUT2D eigenvalue weighted by atomic mass is 32.1. The van der Waals surface area contributed by atoms with Gasteiger partial charge in [-0.3, -0.25) is 0 Å². The summed E-state index contributed by atoms with van der Waals surface area (Å²) in [4.78, 5) is 13.6. The van der Waals surface area contributed by atoms with E-state index in [-0.39, 0.29) is 12.0 Å². The van der Waals surface area contributed by atoms with Crippen LogP contribution in [0.15, 0.2) is 0 Å². The number of aromatic nitrogens is 2. The van der Waals surface area contributed by atoms with E-state index in [9.17, 15) is 4.79 Å². The van der Waals surface area contributed by atoms with Crippen molar-refractivity contribution in [1.29, 1.82) is 0 Å². The molecule has 0 saturated carbocycles. The molecular weight excluding hydrogens is 280 g/mol. The normalized spacial score (nSPS) is 19.1. The van der Waals surface area contributed by atoms with E-state index in [0.717, 1.165) is 6.42 Å². The SMILES string of the molecule is CC(C)(C)OC(=O)N1CCC(COc2nnc(N)s2)C1. The summed E-state index contributed by atoms with van der Waals surface area (Å²) in [6.45, 7) is 7.43. The summed E-state index contributed by atoms with van der Waals surface area (Å²) < 4.78 is 10.9. The third-order valence-corrected chi connectivity index (χ3v) is 3.47. The maximum Gasteiger partial charge on any atom is 0.410 e. The number of ether oxygens (including phenoxy) is 2. The molecule has 1 saturated heterocycles. The number of nitrogens with zero attached hydrogens (tertiary/aromatic N) is 3. The fourth-order valence-corrected chi connectivity index (χ4v) is 2.40. The Morgan fingerprint density at radius 1 is 1.50 bits per heavy atom. The van der Waals surface area contributed by atoms with Gasteiger partial charge in [-0.15, -0.1) is 5.10 Å². The van der Waals surface area contributed by atoms with Crippen molar-refractivity contribution in [3.05, 3.63) is 0 Å². The summed E-state index contributed by atoms with van der Waals surface area (Å²) in [5.74, 6) is 0.285. The van der Waals surface area contributed by atoms with E-state index in [1.165, 1.54) is 11.3 Å². The summed E-state index contributed by atoms with van der Waals surface area (Å²) >= 11 is 1.21. The van der Waals surface area contributed by atoms with Crippen LogP contribution in [0.3, 0.4) is 0 Å². The molecule has 20 heavy (non-hydrogen) atoms. The van der Waals surface area contributed by atoms with Crippen LogP contribution in [0.2, 0.25) is 0 Å². The van der Waals surface area contributed by atoms with Crippen LogP contribution in [0.1, 0.15) is 27.2 Å². The van der Waals surface area contributed by atoms with Crippen molar-refractivity contribution in [2.45, 2.75) is 32.8 Å². The van der Waals surface area contributed by atoms with E-state index < -0.39 is 5.60 Å². The summed E-state index contributed by atoms with van der Waals surface area (Å²) in [5.41, 5.74) is 5.02. The smallest absolute Gasteiger partial charge is 0.410 e. The molecule has 112 valence electrons. The third kappa shape index (κ3) is 4.22. The molecule has 1 aliphatic rings. The van der Waals surface area contributed by atoms with Gasteiger partial charge in [0.25, 0.3) is 5.19 Å². The Morgan fingerprint density at radius 3 is 2.85 bits per heavy atom. The number of likely N-dealkylation sites (tertiary alicyclic amines) is 1. The van der Waals surface area contributed by atoms with Gasteiger partial charge in [0.05, 0.1) is 6.61 Å². The summed E-state index contributed by atoms with van der Waals surface area (Å²) in [7, 11) is 0. The molecule has 0 spiro atoms. The maximum absolute atomic E-state index is 11.9. The number of hydrogen-bond donors (Lipinski definition) is 1. The summed E-state index contributed by atoms with van der Waals surface area (Å²) in [6, 6.07) is 0. The first-order valence-corrected chi connectivity index (χ1v) is 7.35. The van der Waals surface area contributed by atoms with E-state index in [4.69, 9.17) is 15.2 Å². The zero-order valence-electron chi connectivity index (χ0n) is 12.0. The lowest BCUT2D eigenvalue weighted by Gasteiger charge is -2.24. The van der Waals surface area contributed by atoms with Gasteiger partial charge in [-0.2, -0.15) is 0 Å². The maximum atomic E-state index is 11.9. The standard InChI is InChI=1S/C12H20N4O3S/c1-12(2,3)19-11(17)16-5-4-8(6-16)7-18-10-15-14-9(13)20-10/h8H,4-7H2,1-3H3,(H2,13,14). The van der Waals surface area contributed by atoms with Crippen molar-refractivity contribution in [3.63, 3.8) is 0 Å². The van der Waals surface area contributed by atoms with E-state index in [1.807, 2.05) is 20.8 Å². The molecule has 0 aromatic carbocycles. The molecule has 1 fully saturated rings. The molecule has 2 heterocycles. The highest BCUT2D eigenvalue weighted by Crippen LogP contribution is 2.23. The van der Waals surface area contributed by atoms with Crippen molar-refractivity contribution in [1.82, 2.24) is 15.1 Å². The van der Waals surface area contributed by atoms with Gasteiger partial charge >= 0.3 is 6.09 Å². The Labute approximate surface area is 122 Å². The monoisotopic (exact) mass is 300 g/mol. The van der Waals surface area contributed by atoms with Crippen molar-refractivity contribution >= 4 is 22.6 Å². The molecule has 1 amide bonds. The van der Waals surface area contributed by atoms with Gasteiger partial charge in [0, 0.05) is 19.0 Å². The fourth-order valence-electron chi connectivity index (χ4n) is 1.93. The lowest BCUT2D eigenvalue weighted by atomic mass is 10.1. The number of rotatable bonds is 3. The Kier molecular flexibility index (Phi) is 4.32. The average Bonchev–Trinajstić information content (AvgIpc) is 2.93. The number of nitrogen functional groups attached to an aromatic ring is 1. The van der Waals surface area contributed by atoms with E-state index in [0.29, 0.717) is 30.0 Å². The third-order valence-electron chi connectivity index (χ3n) is 2.80. The number of anilines is 1. The molecule has 0 radical (unpaired) electrons. The van der Waals surface area contributed by atoms with Gasteiger partial charge < -0.3 is 20.1 Å². The Balaban J connectivity index is 1.76. The van der Waals surface area contributed by atoms with Crippen molar-refractivity contribution < 1.29 is 14.3 Å². The number of carbonyl (C=O) groups excluding carboxylic acids is 1. The van der Waals surface area contributed by atoms with Gasteiger partial charge in [-0.1, -0.05) is 5.10 Å². The van der Waals surface area contributed by atoms with Gasteiger partial charge in [0.15, 0.2) is 0 Å². The van der Waals surface area contributed by atoms with E-state index in [1.54, 1.807) is 4.90 Å². The minimum atomic E-state index is -0.463. The Hall–Kier alpha value is -1.57. The van der Waals surface area contributed by atoms with Crippen molar-refractivity contribution in [2.24, 2.45) is 5.92 Å². The largest absolute Gasteiger partial charge is 0.469 e. The number of carbonyl (C=O) groups is 1. The second kappa shape index (κ2) is 5.82. The molecule has 1 aromatic rings. The molecule has 0 bridgehead atoms. The average molecular weight is 300 g/mol. The molecule has 1 atom stereocenters. The minimum Gasteiger partial charge on any atom is -0.469 e. The van der Waals surface area contributed by atoms with E-state index >= 15 is 0 Å². The van der Waals surface area contributed by atoms with Gasteiger partial charge in [-0.25, -0.2) is 4.79 Å². The molecule has 7 nitrogen and oxygen atoms in total. The topological polar surface area (TPSA) is 90.6 Å². The van der Waals surface area contributed by atoms with Crippen LogP contribution < -0.4 is 10.5 Å². The molecule has 2 rings (SSSR count). The van der Waals surface area contributed by atoms with Crippen LogP contribution >= 0.6 is 11.3 Å². The van der Waals surface area contributed by atoms with Crippen LogP contribution in [0.25, 0.3) is 0 Å². The van der Waals surface area contributed by atoms with Crippen LogP contribution in [-0.4, -0.2) is 46.5 Å². The molecule has 8 heteroatoms. The number of amides is 1. The molecule has 2 N–H and O–H groups in total. The van der Waals surface area contributed by atoms with Crippen LogP contribution in [-0.2, 0) is 4.74 Å². The van der Waals surface area contributed by atoms with Gasteiger partial charge in [-0.05, 0) is 38.5 Å². The molecule has 1 aromatic heterocycles. The highest BCUT2D eigenvalue weighted by Gasteiger charge is 2.30. The minimum absolute atomic E-state index is 0.264. The van der Waals surface area contributed by atoms with Crippen LogP contribution in [0.4, 0.5) is 9.93 Å². The summed E-state index contributed by atoms with van der Waals surface area (Å²) in [5, 5.41) is 8.34. The lowest BCUT2D eigenvalue weighted by Crippen LogP contribution is -2.35. The quantitative estimate of drug-likeness (QED) is 0.914. The second-order valence-electron chi connectivity index (χ2n) is 5.80. The first-order chi connectivity index (χ1) is 9.33. The molecule has 1 aliphatic heterocycles. The first kappa shape index (κ1) is 14.8. The number of hydrogen-bond acceptors (Lipinski definition) is 7. The number of nitrogens with two attached hydrogens (primary N) is 1. The second-order valence-corrected chi connectivity index (χ2v) is 6.77. The molecular formula is C12H20N4O3S. The zero-order chi connectivity index (χ0) is 14.8. The Morgan fingerprint density at radius 2 is 2.25 bits per heavy atom. The Bertz CT molecular complexity index is 472. The summed E-state index contributed by atoms with van der Waals surface area (Å²) in [6.07, 6.45) is 0.633. The van der Waals surface area contributed by atoms with Crippen molar-refractivity contribution in [3.8, 4) is 5.19 Å². The van der Waals surface area contributed by atoms with Gasteiger partial charge in [0.1, 0.15) is 5.60 Å². The van der Waals surface area contributed by atoms with Crippen LogP contribution in [0, 0.1) is 5.92 Å². The molecule has 1 unspecified atom stereocenters. The zero-order valence-corrected chi connectivity index (χ0v) is 12.8. The van der Waals surface area contributed by atoms with Crippen molar-refractivity contribution in [2.75, 3.05) is 25.4 Å². The lowest BCUT2D eigenvalue weighted by molar-refractivity contribution is 0.0285. The van der Waals surface area contributed by atoms with E-state index in [2.05, 4.69) is 10.2 Å². The van der Waals surface area contributed by atoms with Gasteiger partial charge in [0.2, 0.25) is 5.13 Å². The fraction of sp³-hybridized carbons (Fsp3) is 0.750. The molecule has 0 aliphatic carbocycles. The predicted molar refractivity (Wildman–Crippen MR) is 75.7 cm³/mol. The first-order valence-electron chi connectivity index (χ1n) is 6.53.